The Bertz CT molecular complexity index is 203. The normalized spacial score (nSPS) is 6.80. The minimum absolute atomic E-state index is 0.322. The number of hydrogen-bond donors (Lipinski definition) is 1. The molecule has 10 heavy (non-hydrogen) atoms. The van der Waals surface area contributed by atoms with Crippen LogP contribution < -0.4 is 0 Å². The van der Waals surface area contributed by atoms with Crippen LogP contribution in [0.3, 0.4) is 0 Å². The fourth-order valence-corrected chi connectivity index (χ4v) is 0.428. The Morgan fingerprint density at radius 1 is 1.10 bits per heavy atom. The van der Waals surface area contributed by atoms with Gasteiger partial charge in [-0.1, -0.05) is 18.2 Å². The molecule has 0 saturated carbocycles. The summed E-state index contributed by atoms with van der Waals surface area (Å²) in [6.07, 6.45) is 0. The summed E-state index contributed by atoms with van der Waals surface area (Å²) in [6.45, 7) is 0. The van der Waals surface area contributed by atoms with Crippen molar-refractivity contribution < 1.29 is 30.8 Å². The van der Waals surface area contributed by atoms with Gasteiger partial charge in [-0.25, -0.2) is 0 Å². The number of phenols is 1. The van der Waals surface area contributed by atoms with Crippen LogP contribution in [0.4, 0.5) is 0 Å². The summed E-state index contributed by atoms with van der Waals surface area (Å²) < 4.78 is 17.0. The summed E-state index contributed by atoms with van der Waals surface area (Å²) in [5.74, 6) is 0.322. The Balaban J connectivity index is 0.000000236. The molecule has 0 spiro atoms. The molecule has 52 valence electrons. The average Bonchev–Trinajstić information content (AvgIpc) is 1.91. The quantitative estimate of drug-likeness (QED) is 0.600. The first-order chi connectivity index (χ1) is 4.81. The third-order valence-corrected chi connectivity index (χ3v) is 0.756. The van der Waals surface area contributed by atoms with E-state index in [2.05, 4.69) is 0 Å². The Morgan fingerprint density at radius 3 is 1.70 bits per heavy atom. The molecule has 0 atom stereocenters. The molecule has 0 unspecified atom stereocenters. The van der Waals surface area contributed by atoms with E-state index in [1.54, 1.807) is 24.3 Å². The molecule has 4 heteroatoms. The summed E-state index contributed by atoms with van der Waals surface area (Å²) in [6, 6.07) is 8.71. The molecule has 0 aromatic heterocycles. The standard InChI is InChI=1S/C6H6O.2O.Ti/c7-6-4-2-1-3-5-6;;;/h1-5,7H;;;. The van der Waals surface area contributed by atoms with Crippen molar-refractivity contribution >= 4 is 0 Å². The maximum atomic E-state index is 8.63. The SMILES string of the molecule is Oc1ccccc1.[O]=[Ti]=[O]. The molecule has 1 N–H and O–H groups in total. The molecule has 3 nitrogen and oxygen atoms in total. The summed E-state index contributed by atoms with van der Waals surface area (Å²) in [4.78, 5) is 0. The van der Waals surface area contributed by atoms with E-state index in [9.17, 15) is 0 Å². The number of para-hydroxylation sites is 1. The Morgan fingerprint density at radius 2 is 1.50 bits per heavy atom. The first-order valence-corrected chi connectivity index (χ1v) is 3.82. The van der Waals surface area contributed by atoms with Crippen LogP contribution in [0.5, 0.6) is 5.75 Å². The second-order valence-electron chi connectivity index (χ2n) is 1.42. The zero-order chi connectivity index (χ0) is 7.82. The number of hydrogen-bond acceptors (Lipinski definition) is 3. The van der Waals surface area contributed by atoms with Gasteiger partial charge in [0, 0.05) is 0 Å². The molecule has 0 amide bonds. The summed E-state index contributed by atoms with van der Waals surface area (Å²) in [5, 5.41) is 8.63. The van der Waals surface area contributed by atoms with Crippen molar-refractivity contribution in [1.29, 1.82) is 0 Å². The van der Waals surface area contributed by atoms with Crippen molar-refractivity contribution in [3.8, 4) is 5.75 Å². The minimum atomic E-state index is -2.00. The summed E-state index contributed by atoms with van der Waals surface area (Å²) >= 11 is -2.00. The van der Waals surface area contributed by atoms with Gasteiger partial charge in [0.15, 0.2) is 0 Å². The van der Waals surface area contributed by atoms with E-state index in [1.165, 1.54) is 0 Å². The van der Waals surface area contributed by atoms with Gasteiger partial charge in [0.25, 0.3) is 0 Å². The van der Waals surface area contributed by atoms with Gasteiger partial charge < -0.3 is 5.11 Å². The van der Waals surface area contributed by atoms with E-state index in [-0.39, 0.29) is 0 Å². The van der Waals surface area contributed by atoms with Gasteiger partial charge in [0.2, 0.25) is 0 Å². The molecule has 1 aromatic carbocycles. The Hall–Kier alpha value is -0.666. The van der Waals surface area contributed by atoms with E-state index in [0.717, 1.165) is 0 Å². The van der Waals surface area contributed by atoms with Crippen molar-refractivity contribution in [3.63, 3.8) is 0 Å². The van der Waals surface area contributed by atoms with Gasteiger partial charge >= 0.3 is 25.7 Å². The van der Waals surface area contributed by atoms with Crippen LogP contribution in [-0.2, 0) is 25.7 Å². The fourth-order valence-electron chi connectivity index (χ4n) is 0.428. The van der Waals surface area contributed by atoms with Gasteiger partial charge in [-0.3, -0.25) is 0 Å². The predicted molar refractivity (Wildman–Crippen MR) is 29.5 cm³/mol. The monoisotopic (exact) mass is 174 g/mol. The molecule has 0 aliphatic rings. The van der Waals surface area contributed by atoms with Crippen molar-refractivity contribution in [2.45, 2.75) is 0 Å². The molecule has 0 bridgehead atoms. The van der Waals surface area contributed by atoms with Crippen LogP contribution in [0.15, 0.2) is 30.3 Å². The first kappa shape index (κ1) is 9.33. The molecule has 1 aromatic rings. The van der Waals surface area contributed by atoms with Crippen LogP contribution in [0.1, 0.15) is 0 Å². The third kappa shape index (κ3) is 5.47. The predicted octanol–water partition coefficient (Wildman–Crippen LogP) is 1.15. The number of aromatic hydroxyl groups is 1. The molecule has 0 heterocycles. The molecule has 0 aliphatic carbocycles. The van der Waals surface area contributed by atoms with Crippen LogP contribution in [0.2, 0.25) is 0 Å². The molecule has 1 rings (SSSR count). The van der Waals surface area contributed by atoms with E-state index in [1.807, 2.05) is 6.07 Å². The van der Waals surface area contributed by atoms with Gasteiger partial charge in [-0.05, 0) is 12.1 Å². The topological polar surface area (TPSA) is 54.4 Å². The van der Waals surface area contributed by atoms with Crippen LogP contribution in [0.25, 0.3) is 0 Å². The molecular weight excluding hydrogens is 168 g/mol. The number of rotatable bonds is 0. The van der Waals surface area contributed by atoms with Gasteiger partial charge in [-0.15, -0.1) is 0 Å². The van der Waals surface area contributed by atoms with Crippen LogP contribution in [0, 0.1) is 0 Å². The third-order valence-electron chi connectivity index (χ3n) is 0.756. The number of benzene rings is 1. The van der Waals surface area contributed by atoms with Crippen molar-refractivity contribution in [2.24, 2.45) is 0 Å². The maximum absolute atomic E-state index is 8.63. The molecule has 0 radical (unpaired) electrons. The van der Waals surface area contributed by atoms with Crippen molar-refractivity contribution in [1.82, 2.24) is 0 Å². The molecule has 0 saturated heterocycles. The van der Waals surface area contributed by atoms with Crippen LogP contribution in [-0.4, -0.2) is 5.11 Å². The second-order valence-corrected chi connectivity index (χ2v) is 1.68. The Kier molecular flexibility index (Phi) is 6.02. The first-order valence-electron chi connectivity index (χ1n) is 2.54. The number of phenolic OH excluding ortho intramolecular Hbond substituents is 1. The zero-order valence-electron chi connectivity index (χ0n) is 5.15. The van der Waals surface area contributed by atoms with Gasteiger partial charge in [-0.2, -0.15) is 0 Å². The fraction of sp³-hybridized carbons (Fsp3) is 0. The summed E-state index contributed by atoms with van der Waals surface area (Å²) in [5.41, 5.74) is 0. The van der Waals surface area contributed by atoms with Crippen molar-refractivity contribution in [3.05, 3.63) is 30.3 Å². The summed E-state index contributed by atoms with van der Waals surface area (Å²) in [7, 11) is 0. The molecule has 0 fully saturated rings. The average molecular weight is 174 g/mol. The van der Waals surface area contributed by atoms with Crippen LogP contribution >= 0.6 is 0 Å². The second kappa shape index (κ2) is 6.45. The molecular formula is C6H6O3Ti. The Labute approximate surface area is 67.3 Å². The van der Waals surface area contributed by atoms with Crippen molar-refractivity contribution in [2.75, 3.05) is 0 Å². The van der Waals surface area contributed by atoms with Gasteiger partial charge in [0.05, 0.1) is 0 Å². The van der Waals surface area contributed by atoms with E-state index in [4.69, 9.17) is 11.8 Å². The van der Waals surface area contributed by atoms with E-state index < -0.39 is 19.1 Å². The van der Waals surface area contributed by atoms with E-state index in [0.29, 0.717) is 5.75 Å². The zero-order valence-corrected chi connectivity index (χ0v) is 6.71. The van der Waals surface area contributed by atoms with E-state index >= 15 is 0 Å². The van der Waals surface area contributed by atoms with Gasteiger partial charge in [0.1, 0.15) is 5.75 Å². The molecule has 0 aliphatic heterocycles.